The van der Waals surface area contributed by atoms with Gasteiger partial charge in [0.25, 0.3) is 0 Å². The van der Waals surface area contributed by atoms with Crippen molar-refractivity contribution in [3.63, 3.8) is 0 Å². The standard InChI is InChI=1S/C27H19N3/c1-2-8-18(9-3-1)19-14-26(22-16-28-24-12-6-4-10-20(22)24)30-27(15-19)23-17-29-25-13-7-5-11-21(23)25/h1-17,28-29H. The highest BCUT2D eigenvalue weighted by Gasteiger charge is 2.14. The van der Waals surface area contributed by atoms with Gasteiger partial charge in [-0.05, 0) is 35.4 Å². The minimum Gasteiger partial charge on any atom is -0.360 e. The van der Waals surface area contributed by atoms with Crippen molar-refractivity contribution >= 4 is 21.8 Å². The average molecular weight is 385 g/mol. The van der Waals surface area contributed by atoms with Crippen LogP contribution in [0, 0.1) is 0 Å². The highest BCUT2D eigenvalue weighted by molar-refractivity contribution is 5.98. The Bertz CT molecular complexity index is 1400. The normalized spacial score (nSPS) is 11.3. The third-order valence-electron chi connectivity index (χ3n) is 5.66. The molecule has 142 valence electrons. The van der Waals surface area contributed by atoms with Crippen molar-refractivity contribution in [3.05, 3.63) is 103 Å². The minimum atomic E-state index is 0.967. The monoisotopic (exact) mass is 385 g/mol. The lowest BCUT2D eigenvalue weighted by atomic mass is 9.99. The van der Waals surface area contributed by atoms with Crippen LogP contribution in [0.15, 0.2) is 103 Å². The summed E-state index contributed by atoms with van der Waals surface area (Å²) in [7, 11) is 0. The number of aromatic nitrogens is 3. The van der Waals surface area contributed by atoms with Crippen LogP contribution in [0.25, 0.3) is 55.4 Å². The molecule has 3 heteroatoms. The van der Waals surface area contributed by atoms with Crippen molar-refractivity contribution in [3.8, 4) is 33.6 Å². The number of fused-ring (bicyclic) bond motifs is 2. The van der Waals surface area contributed by atoms with Gasteiger partial charge in [0, 0.05) is 45.3 Å². The highest BCUT2D eigenvalue weighted by Crippen LogP contribution is 2.35. The first-order valence-electron chi connectivity index (χ1n) is 10.1. The molecule has 0 saturated carbocycles. The molecule has 0 radical (unpaired) electrons. The summed E-state index contributed by atoms with van der Waals surface area (Å²) in [4.78, 5) is 11.9. The van der Waals surface area contributed by atoms with E-state index in [0.29, 0.717) is 0 Å². The molecular weight excluding hydrogens is 366 g/mol. The fourth-order valence-corrected chi connectivity index (χ4v) is 4.17. The summed E-state index contributed by atoms with van der Waals surface area (Å²) < 4.78 is 0. The van der Waals surface area contributed by atoms with Crippen molar-refractivity contribution in [1.82, 2.24) is 15.0 Å². The molecule has 3 heterocycles. The Balaban J connectivity index is 1.63. The summed E-state index contributed by atoms with van der Waals surface area (Å²) >= 11 is 0. The maximum atomic E-state index is 5.10. The van der Waals surface area contributed by atoms with E-state index >= 15 is 0 Å². The van der Waals surface area contributed by atoms with E-state index in [4.69, 9.17) is 4.98 Å². The molecule has 6 rings (SSSR count). The van der Waals surface area contributed by atoms with Gasteiger partial charge in [-0.1, -0.05) is 66.7 Å². The number of hydrogen-bond acceptors (Lipinski definition) is 1. The van der Waals surface area contributed by atoms with E-state index in [-0.39, 0.29) is 0 Å². The van der Waals surface area contributed by atoms with Gasteiger partial charge < -0.3 is 9.97 Å². The van der Waals surface area contributed by atoms with Crippen LogP contribution >= 0.6 is 0 Å². The van der Waals surface area contributed by atoms with Crippen LogP contribution in [0.4, 0.5) is 0 Å². The Hall–Kier alpha value is -4.11. The van der Waals surface area contributed by atoms with Gasteiger partial charge in [-0.3, -0.25) is 0 Å². The van der Waals surface area contributed by atoms with Crippen LogP contribution in [-0.4, -0.2) is 15.0 Å². The first-order chi connectivity index (χ1) is 14.9. The van der Waals surface area contributed by atoms with E-state index in [9.17, 15) is 0 Å². The highest BCUT2D eigenvalue weighted by atomic mass is 14.8. The molecule has 0 bridgehead atoms. The Labute approximate surface area is 174 Å². The van der Waals surface area contributed by atoms with Gasteiger partial charge in [0.05, 0.1) is 11.4 Å². The predicted octanol–water partition coefficient (Wildman–Crippen LogP) is 7.05. The number of H-pyrrole nitrogens is 2. The summed E-state index contributed by atoms with van der Waals surface area (Å²) in [6, 6.07) is 31.6. The molecule has 0 aliphatic carbocycles. The Morgan fingerprint density at radius 3 is 1.57 bits per heavy atom. The lowest BCUT2D eigenvalue weighted by molar-refractivity contribution is 1.33. The summed E-state index contributed by atoms with van der Waals surface area (Å²) in [5, 5.41) is 2.36. The smallest absolute Gasteiger partial charge is 0.0737 e. The third-order valence-corrected chi connectivity index (χ3v) is 5.66. The number of pyridine rings is 1. The van der Waals surface area contributed by atoms with Crippen LogP contribution in [-0.2, 0) is 0 Å². The number of nitrogens with one attached hydrogen (secondary N) is 2. The number of aromatic amines is 2. The summed E-state index contributed by atoms with van der Waals surface area (Å²) in [6.45, 7) is 0. The molecule has 3 nitrogen and oxygen atoms in total. The third kappa shape index (κ3) is 2.72. The van der Waals surface area contributed by atoms with Crippen molar-refractivity contribution in [2.24, 2.45) is 0 Å². The number of hydrogen-bond donors (Lipinski definition) is 2. The molecular formula is C27H19N3. The van der Waals surface area contributed by atoms with E-state index in [0.717, 1.165) is 39.1 Å². The second kappa shape index (κ2) is 6.75. The number of para-hydroxylation sites is 2. The lowest BCUT2D eigenvalue weighted by Crippen LogP contribution is -1.90. The molecule has 6 aromatic rings. The van der Waals surface area contributed by atoms with Crippen molar-refractivity contribution < 1.29 is 0 Å². The van der Waals surface area contributed by atoms with E-state index < -0.39 is 0 Å². The van der Waals surface area contributed by atoms with E-state index in [1.54, 1.807) is 0 Å². The lowest BCUT2D eigenvalue weighted by Gasteiger charge is -2.09. The summed E-state index contributed by atoms with van der Waals surface area (Å²) in [5.74, 6) is 0. The van der Waals surface area contributed by atoms with Gasteiger partial charge in [-0.25, -0.2) is 4.98 Å². The molecule has 3 aromatic heterocycles. The second-order valence-electron chi connectivity index (χ2n) is 7.49. The maximum Gasteiger partial charge on any atom is 0.0737 e. The van der Waals surface area contributed by atoms with Crippen LogP contribution in [0.3, 0.4) is 0 Å². The molecule has 0 atom stereocenters. The molecule has 2 N–H and O–H groups in total. The average Bonchev–Trinajstić information content (AvgIpc) is 3.44. The topological polar surface area (TPSA) is 44.5 Å². The van der Waals surface area contributed by atoms with E-state index in [2.05, 4.69) is 95.2 Å². The molecule has 0 spiro atoms. The molecule has 0 saturated heterocycles. The van der Waals surface area contributed by atoms with Crippen LogP contribution in [0.5, 0.6) is 0 Å². The Kier molecular flexibility index (Phi) is 3.78. The molecule has 0 fully saturated rings. The second-order valence-corrected chi connectivity index (χ2v) is 7.49. The SMILES string of the molecule is c1ccc(-c2cc(-c3c[nH]c4ccccc34)nc(-c3c[nH]c4ccccc34)c2)cc1. The van der Waals surface area contributed by atoms with Gasteiger partial charge in [-0.15, -0.1) is 0 Å². The Morgan fingerprint density at radius 1 is 0.500 bits per heavy atom. The van der Waals surface area contributed by atoms with E-state index in [1.165, 1.54) is 16.3 Å². The van der Waals surface area contributed by atoms with Crippen LogP contribution in [0.1, 0.15) is 0 Å². The van der Waals surface area contributed by atoms with E-state index in [1.807, 2.05) is 18.2 Å². The molecule has 0 aliphatic heterocycles. The van der Waals surface area contributed by atoms with Crippen LogP contribution in [0.2, 0.25) is 0 Å². The molecule has 3 aromatic carbocycles. The molecule has 0 amide bonds. The van der Waals surface area contributed by atoms with Crippen molar-refractivity contribution in [2.75, 3.05) is 0 Å². The first-order valence-corrected chi connectivity index (χ1v) is 10.1. The zero-order chi connectivity index (χ0) is 19.9. The quantitative estimate of drug-likeness (QED) is 0.337. The number of nitrogens with zero attached hydrogens (tertiary/aromatic N) is 1. The summed E-state index contributed by atoms with van der Waals surface area (Å²) in [5.41, 5.74) is 8.74. The Morgan fingerprint density at radius 2 is 1.00 bits per heavy atom. The fraction of sp³-hybridized carbons (Fsp3) is 0. The van der Waals surface area contributed by atoms with Gasteiger partial charge >= 0.3 is 0 Å². The van der Waals surface area contributed by atoms with Gasteiger partial charge in [0.1, 0.15) is 0 Å². The van der Waals surface area contributed by atoms with Gasteiger partial charge in [0.15, 0.2) is 0 Å². The molecule has 0 aliphatic rings. The summed E-state index contributed by atoms with van der Waals surface area (Å²) in [6.07, 6.45) is 4.11. The van der Waals surface area contributed by atoms with Crippen molar-refractivity contribution in [1.29, 1.82) is 0 Å². The maximum absolute atomic E-state index is 5.10. The van der Waals surface area contributed by atoms with Crippen LogP contribution < -0.4 is 0 Å². The largest absolute Gasteiger partial charge is 0.360 e. The number of benzene rings is 3. The molecule has 0 unspecified atom stereocenters. The zero-order valence-electron chi connectivity index (χ0n) is 16.3. The minimum absolute atomic E-state index is 0.967. The van der Waals surface area contributed by atoms with Gasteiger partial charge in [0.2, 0.25) is 0 Å². The predicted molar refractivity (Wildman–Crippen MR) is 124 cm³/mol. The molecule has 30 heavy (non-hydrogen) atoms. The van der Waals surface area contributed by atoms with Gasteiger partial charge in [-0.2, -0.15) is 0 Å². The fourth-order valence-electron chi connectivity index (χ4n) is 4.17. The number of rotatable bonds is 3. The van der Waals surface area contributed by atoms with Crippen molar-refractivity contribution in [2.45, 2.75) is 0 Å². The first kappa shape index (κ1) is 16.8. The zero-order valence-corrected chi connectivity index (χ0v) is 16.3.